The maximum atomic E-state index is 3.61. The van der Waals surface area contributed by atoms with Gasteiger partial charge >= 0.3 is 0 Å². The molecule has 0 aromatic heterocycles. The Balaban J connectivity index is 1.98. The highest BCUT2D eigenvalue weighted by molar-refractivity contribution is 4.99. The molecule has 1 saturated carbocycles. The Morgan fingerprint density at radius 3 is 2.53 bits per heavy atom. The molecule has 2 unspecified atom stereocenters. The van der Waals surface area contributed by atoms with Crippen LogP contribution in [0.4, 0.5) is 0 Å². The van der Waals surface area contributed by atoms with Gasteiger partial charge in [0.05, 0.1) is 0 Å². The largest absolute Gasteiger partial charge is 0.316 e. The van der Waals surface area contributed by atoms with Gasteiger partial charge in [0.15, 0.2) is 0 Å². The summed E-state index contributed by atoms with van der Waals surface area (Å²) in [5, 5.41) is 3.61. The van der Waals surface area contributed by atoms with Crippen LogP contribution in [0.1, 0.15) is 72.6 Å². The van der Waals surface area contributed by atoms with Crippen LogP contribution < -0.4 is 5.32 Å². The number of rotatable bonds is 10. The van der Waals surface area contributed by atoms with Gasteiger partial charge in [-0.25, -0.2) is 0 Å². The van der Waals surface area contributed by atoms with Gasteiger partial charge in [-0.3, -0.25) is 0 Å². The fraction of sp³-hybridized carbons (Fsp3) is 1.00. The molecule has 1 heteroatoms. The van der Waals surface area contributed by atoms with Crippen LogP contribution in [0.2, 0.25) is 0 Å². The number of hydrogen-bond acceptors (Lipinski definition) is 1. The summed E-state index contributed by atoms with van der Waals surface area (Å²) < 4.78 is 0. The van der Waals surface area contributed by atoms with E-state index in [1.165, 1.54) is 58.0 Å². The Morgan fingerprint density at radius 2 is 1.88 bits per heavy atom. The molecule has 0 aromatic rings. The average molecular weight is 239 g/mol. The molecule has 0 saturated heterocycles. The second-order valence-electron chi connectivity index (χ2n) is 6.77. The van der Waals surface area contributed by atoms with Gasteiger partial charge < -0.3 is 5.32 Å². The summed E-state index contributed by atoms with van der Waals surface area (Å²) in [5.74, 6) is 1.75. The van der Waals surface area contributed by atoms with Gasteiger partial charge in [-0.2, -0.15) is 0 Å². The molecule has 0 heterocycles. The molecule has 102 valence electrons. The molecule has 0 bridgehead atoms. The first-order valence-electron chi connectivity index (χ1n) is 7.79. The molecule has 0 amide bonds. The summed E-state index contributed by atoms with van der Waals surface area (Å²) in [5.41, 5.74) is 0.691. The van der Waals surface area contributed by atoms with E-state index in [2.05, 4.69) is 33.0 Å². The molecule has 1 rings (SSSR count). The minimum Gasteiger partial charge on any atom is -0.316 e. The number of unbranched alkanes of at least 4 members (excludes halogenated alkanes) is 4. The first-order valence-corrected chi connectivity index (χ1v) is 7.79. The molecule has 2 atom stereocenters. The number of hydrogen-bond donors (Lipinski definition) is 1. The van der Waals surface area contributed by atoms with Gasteiger partial charge in [0, 0.05) is 0 Å². The van der Waals surface area contributed by atoms with E-state index in [1.54, 1.807) is 0 Å². The topological polar surface area (TPSA) is 12.0 Å². The smallest absolute Gasteiger partial charge is 0.00150 e. The predicted octanol–water partition coefficient (Wildman–Crippen LogP) is 4.62. The summed E-state index contributed by atoms with van der Waals surface area (Å²) in [6.07, 6.45) is 10.1. The first-order chi connectivity index (χ1) is 8.08. The summed E-state index contributed by atoms with van der Waals surface area (Å²) in [6.45, 7) is 11.8. The highest BCUT2D eigenvalue weighted by Gasteiger charge is 2.48. The fourth-order valence-corrected chi connectivity index (χ4v) is 2.81. The monoisotopic (exact) mass is 239 g/mol. The van der Waals surface area contributed by atoms with Crippen LogP contribution >= 0.6 is 0 Å². The van der Waals surface area contributed by atoms with Crippen LogP contribution in [0.25, 0.3) is 0 Å². The van der Waals surface area contributed by atoms with Gasteiger partial charge in [-0.1, -0.05) is 59.8 Å². The summed E-state index contributed by atoms with van der Waals surface area (Å²) >= 11 is 0. The summed E-state index contributed by atoms with van der Waals surface area (Å²) in [7, 11) is 0. The molecular weight excluding hydrogens is 206 g/mol. The Morgan fingerprint density at radius 1 is 1.18 bits per heavy atom. The van der Waals surface area contributed by atoms with E-state index in [0.29, 0.717) is 5.41 Å². The molecule has 1 aliphatic rings. The van der Waals surface area contributed by atoms with Crippen molar-refractivity contribution in [2.75, 3.05) is 13.1 Å². The van der Waals surface area contributed by atoms with E-state index in [9.17, 15) is 0 Å². The van der Waals surface area contributed by atoms with Crippen LogP contribution in [-0.2, 0) is 0 Å². The highest BCUT2D eigenvalue weighted by atomic mass is 14.9. The van der Waals surface area contributed by atoms with Crippen LogP contribution in [0.15, 0.2) is 0 Å². The van der Waals surface area contributed by atoms with E-state index in [-0.39, 0.29) is 0 Å². The third-order valence-electron chi connectivity index (χ3n) is 4.33. The van der Waals surface area contributed by atoms with E-state index < -0.39 is 0 Å². The van der Waals surface area contributed by atoms with Gasteiger partial charge in [0.25, 0.3) is 0 Å². The van der Waals surface area contributed by atoms with Gasteiger partial charge in [0.2, 0.25) is 0 Å². The first kappa shape index (κ1) is 15.0. The zero-order chi connectivity index (χ0) is 12.7. The van der Waals surface area contributed by atoms with Crippen molar-refractivity contribution in [1.82, 2.24) is 5.32 Å². The normalized spacial score (nSPS) is 27.7. The zero-order valence-corrected chi connectivity index (χ0v) is 12.5. The molecular formula is C16H33N. The van der Waals surface area contributed by atoms with E-state index in [4.69, 9.17) is 0 Å². The molecule has 1 fully saturated rings. The van der Waals surface area contributed by atoms with Crippen LogP contribution in [-0.4, -0.2) is 13.1 Å². The second kappa shape index (κ2) is 7.41. The average Bonchev–Trinajstić information content (AvgIpc) is 2.89. The second-order valence-corrected chi connectivity index (χ2v) is 6.77. The molecule has 17 heavy (non-hydrogen) atoms. The SMILES string of the molecule is CCCCCCCC1(C)CC1CNCC(C)C. The van der Waals surface area contributed by atoms with Crippen molar-refractivity contribution in [3.8, 4) is 0 Å². The molecule has 0 radical (unpaired) electrons. The standard InChI is InChI=1S/C16H33N/c1-5-6-7-8-9-10-16(4)11-15(16)13-17-12-14(2)3/h14-15,17H,5-13H2,1-4H3. The minimum atomic E-state index is 0.691. The van der Waals surface area contributed by atoms with Crippen molar-refractivity contribution in [2.45, 2.75) is 72.6 Å². The van der Waals surface area contributed by atoms with Crippen molar-refractivity contribution in [2.24, 2.45) is 17.3 Å². The van der Waals surface area contributed by atoms with Crippen LogP contribution in [0.5, 0.6) is 0 Å². The summed E-state index contributed by atoms with van der Waals surface area (Å²) in [4.78, 5) is 0. The maximum Gasteiger partial charge on any atom is -0.00150 e. The van der Waals surface area contributed by atoms with Crippen molar-refractivity contribution < 1.29 is 0 Å². The lowest BCUT2D eigenvalue weighted by molar-refractivity contribution is 0.412. The lowest BCUT2D eigenvalue weighted by atomic mass is 9.97. The van der Waals surface area contributed by atoms with Crippen LogP contribution in [0, 0.1) is 17.3 Å². The molecule has 0 aromatic carbocycles. The Hall–Kier alpha value is -0.0400. The van der Waals surface area contributed by atoms with E-state index in [0.717, 1.165) is 11.8 Å². The third kappa shape index (κ3) is 5.90. The fourth-order valence-electron chi connectivity index (χ4n) is 2.81. The molecule has 0 aliphatic heterocycles. The van der Waals surface area contributed by atoms with Crippen molar-refractivity contribution in [1.29, 1.82) is 0 Å². The quantitative estimate of drug-likeness (QED) is 0.549. The van der Waals surface area contributed by atoms with Crippen LogP contribution in [0.3, 0.4) is 0 Å². The molecule has 1 aliphatic carbocycles. The van der Waals surface area contributed by atoms with Gasteiger partial charge in [-0.15, -0.1) is 0 Å². The Bertz CT molecular complexity index is 200. The maximum absolute atomic E-state index is 3.61. The zero-order valence-electron chi connectivity index (χ0n) is 12.5. The van der Waals surface area contributed by atoms with Gasteiger partial charge in [-0.05, 0) is 43.2 Å². The summed E-state index contributed by atoms with van der Waals surface area (Å²) in [6, 6.07) is 0. The third-order valence-corrected chi connectivity index (χ3v) is 4.33. The Labute approximate surface area is 109 Å². The number of nitrogens with one attached hydrogen (secondary N) is 1. The molecule has 1 N–H and O–H groups in total. The van der Waals surface area contributed by atoms with Crippen molar-refractivity contribution in [3.05, 3.63) is 0 Å². The van der Waals surface area contributed by atoms with Gasteiger partial charge in [0.1, 0.15) is 0 Å². The molecule has 1 nitrogen and oxygen atoms in total. The lowest BCUT2D eigenvalue weighted by Crippen LogP contribution is -2.23. The predicted molar refractivity (Wildman–Crippen MR) is 77.3 cm³/mol. The lowest BCUT2D eigenvalue weighted by Gasteiger charge is -2.12. The van der Waals surface area contributed by atoms with Crippen molar-refractivity contribution in [3.63, 3.8) is 0 Å². The Kier molecular flexibility index (Phi) is 6.54. The highest BCUT2D eigenvalue weighted by Crippen LogP contribution is 2.55. The minimum absolute atomic E-state index is 0.691. The molecule has 0 spiro atoms. The van der Waals surface area contributed by atoms with E-state index >= 15 is 0 Å². The van der Waals surface area contributed by atoms with E-state index in [1.807, 2.05) is 0 Å². The van der Waals surface area contributed by atoms with Crippen molar-refractivity contribution >= 4 is 0 Å².